The second-order valence-electron chi connectivity index (χ2n) is 7.54. The number of ether oxygens (including phenoxy) is 1. The lowest BCUT2D eigenvalue weighted by Gasteiger charge is -2.31. The molecule has 7 nitrogen and oxygen atoms in total. The average Bonchev–Trinajstić information content (AvgIpc) is 2.74. The van der Waals surface area contributed by atoms with Crippen molar-refractivity contribution in [3.8, 4) is 0 Å². The van der Waals surface area contributed by atoms with Gasteiger partial charge in [-0.1, -0.05) is 30.3 Å². The predicted octanol–water partition coefficient (Wildman–Crippen LogP) is 2.75. The number of nitrogens with zero attached hydrogens (tertiary/aromatic N) is 2. The third kappa shape index (κ3) is 5.28. The smallest absolute Gasteiger partial charge is 0.409 e. The van der Waals surface area contributed by atoms with E-state index in [1.165, 1.54) is 0 Å². The van der Waals surface area contributed by atoms with Gasteiger partial charge in [-0.15, -0.1) is 0 Å². The van der Waals surface area contributed by atoms with E-state index in [-0.39, 0.29) is 29.2 Å². The minimum Gasteiger partial charge on any atom is -0.450 e. The molecule has 1 saturated heterocycles. The van der Waals surface area contributed by atoms with Crippen molar-refractivity contribution in [3.05, 3.63) is 69.6 Å². The van der Waals surface area contributed by atoms with Gasteiger partial charge in [0.25, 0.3) is 11.5 Å². The lowest BCUT2D eigenvalue weighted by Crippen LogP contribution is -2.47. The van der Waals surface area contributed by atoms with E-state index in [1.807, 2.05) is 36.4 Å². The van der Waals surface area contributed by atoms with E-state index >= 15 is 0 Å². The van der Waals surface area contributed by atoms with Crippen LogP contribution in [0.4, 0.5) is 4.79 Å². The summed E-state index contributed by atoms with van der Waals surface area (Å²) < 4.78 is 6.62. The number of benzene rings is 1. The van der Waals surface area contributed by atoms with Crippen LogP contribution in [0.1, 0.15) is 41.3 Å². The fourth-order valence-corrected chi connectivity index (χ4v) is 3.69. The zero-order chi connectivity index (χ0) is 21.5. The summed E-state index contributed by atoms with van der Waals surface area (Å²) in [4.78, 5) is 39.3. The van der Waals surface area contributed by atoms with Crippen LogP contribution in [0.5, 0.6) is 0 Å². The van der Waals surface area contributed by atoms with Crippen LogP contribution in [-0.4, -0.2) is 47.2 Å². The van der Waals surface area contributed by atoms with Gasteiger partial charge in [-0.2, -0.15) is 0 Å². The Morgan fingerprint density at radius 2 is 1.83 bits per heavy atom. The summed E-state index contributed by atoms with van der Waals surface area (Å²) in [5.41, 5.74) is 1.73. The number of pyridine rings is 1. The second kappa shape index (κ2) is 10.1. The number of piperidine rings is 1. The molecule has 0 bridgehead atoms. The first kappa shape index (κ1) is 21.6. The number of nitrogens with one attached hydrogen (secondary N) is 1. The first-order chi connectivity index (χ1) is 14.5. The van der Waals surface area contributed by atoms with Crippen LogP contribution < -0.4 is 10.9 Å². The van der Waals surface area contributed by atoms with Gasteiger partial charge in [0, 0.05) is 31.9 Å². The number of likely N-dealkylation sites (tertiary alicyclic amines) is 1. The van der Waals surface area contributed by atoms with Crippen LogP contribution in [0, 0.1) is 6.92 Å². The van der Waals surface area contributed by atoms with Crippen LogP contribution in [-0.2, 0) is 17.7 Å². The number of hydrogen-bond donors (Lipinski definition) is 1. The Bertz CT molecular complexity index is 931. The highest BCUT2D eigenvalue weighted by molar-refractivity contribution is 5.95. The minimum atomic E-state index is -0.346. The average molecular weight is 412 g/mol. The molecule has 1 N–H and O–H groups in total. The molecule has 2 heterocycles. The van der Waals surface area contributed by atoms with Gasteiger partial charge in [0.1, 0.15) is 5.56 Å². The third-order valence-corrected chi connectivity index (χ3v) is 5.44. The van der Waals surface area contributed by atoms with Gasteiger partial charge in [-0.05, 0) is 50.3 Å². The SMILES string of the molecule is CCOC(=O)N1CCC(NC(=O)c2c(C)ccn(CCc3ccccc3)c2=O)CC1. The fourth-order valence-electron chi connectivity index (χ4n) is 3.69. The Morgan fingerprint density at radius 1 is 1.13 bits per heavy atom. The zero-order valence-corrected chi connectivity index (χ0v) is 17.6. The van der Waals surface area contributed by atoms with E-state index < -0.39 is 0 Å². The van der Waals surface area contributed by atoms with Crippen molar-refractivity contribution >= 4 is 12.0 Å². The molecule has 0 saturated carbocycles. The Morgan fingerprint density at radius 3 is 2.50 bits per heavy atom. The summed E-state index contributed by atoms with van der Waals surface area (Å²) in [5, 5.41) is 2.98. The maximum Gasteiger partial charge on any atom is 0.409 e. The van der Waals surface area contributed by atoms with E-state index in [0.717, 1.165) is 12.0 Å². The highest BCUT2D eigenvalue weighted by atomic mass is 16.6. The number of aryl methyl sites for hydroxylation is 3. The summed E-state index contributed by atoms with van der Waals surface area (Å²) >= 11 is 0. The van der Waals surface area contributed by atoms with Gasteiger partial charge >= 0.3 is 6.09 Å². The Kier molecular flexibility index (Phi) is 7.27. The highest BCUT2D eigenvalue weighted by Gasteiger charge is 2.26. The molecule has 0 spiro atoms. The molecule has 160 valence electrons. The van der Waals surface area contributed by atoms with Crippen molar-refractivity contribution in [3.63, 3.8) is 0 Å². The van der Waals surface area contributed by atoms with Crippen molar-refractivity contribution in [2.75, 3.05) is 19.7 Å². The fraction of sp³-hybridized carbons (Fsp3) is 0.435. The largest absolute Gasteiger partial charge is 0.450 e. The van der Waals surface area contributed by atoms with Gasteiger partial charge in [0.15, 0.2) is 0 Å². The molecule has 0 atom stereocenters. The molecule has 0 unspecified atom stereocenters. The van der Waals surface area contributed by atoms with Crippen molar-refractivity contribution in [2.24, 2.45) is 0 Å². The Labute approximate surface area is 176 Å². The zero-order valence-electron chi connectivity index (χ0n) is 17.6. The maximum absolute atomic E-state index is 12.9. The quantitative estimate of drug-likeness (QED) is 0.793. The molecule has 2 amide bonds. The number of amides is 2. The molecule has 1 aromatic carbocycles. The molecule has 3 rings (SSSR count). The van der Waals surface area contributed by atoms with Crippen molar-refractivity contribution in [1.29, 1.82) is 0 Å². The summed E-state index contributed by atoms with van der Waals surface area (Å²) in [7, 11) is 0. The number of aromatic nitrogens is 1. The molecule has 0 radical (unpaired) electrons. The monoisotopic (exact) mass is 411 g/mol. The highest BCUT2D eigenvalue weighted by Crippen LogP contribution is 2.13. The summed E-state index contributed by atoms with van der Waals surface area (Å²) in [6.07, 6.45) is 3.42. The van der Waals surface area contributed by atoms with E-state index in [1.54, 1.807) is 29.5 Å². The Balaban J connectivity index is 1.63. The lowest BCUT2D eigenvalue weighted by molar-refractivity contribution is 0.0858. The molecule has 7 heteroatoms. The molecule has 1 fully saturated rings. The molecule has 30 heavy (non-hydrogen) atoms. The maximum atomic E-state index is 12.9. The molecular formula is C23H29N3O4. The van der Waals surface area contributed by atoms with Crippen molar-refractivity contribution < 1.29 is 14.3 Å². The standard InChI is InChI=1S/C23H29N3O4/c1-3-30-23(29)26-15-11-19(12-16-26)24-21(27)20-17(2)9-13-25(22(20)28)14-10-18-7-5-4-6-8-18/h4-9,13,19H,3,10-12,14-16H2,1-2H3,(H,24,27). The van der Waals surface area contributed by atoms with Crippen LogP contribution in [0.15, 0.2) is 47.4 Å². The lowest BCUT2D eigenvalue weighted by atomic mass is 10.0. The summed E-state index contributed by atoms with van der Waals surface area (Å²) in [5.74, 6) is -0.346. The first-order valence-electron chi connectivity index (χ1n) is 10.5. The molecule has 1 aliphatic rings. The predicted molar refractivity (Wildman–Crippen MR) is 115 cm³/mol. The third-order valence-electron chi connectivity index (χ3n) is 5.44. The topological polar surface area (TPSA) is 80.6 Å². The number of carbonyl (C=O) groups is 2. The van der Waals surface area contributed by atoms with Gasteiger partial charge in [0.05, 0.1) is 6.61 Å². The van der Waals surface area contributed by atoms with Crippen LogP contribution in [0.2, 0.25) is 0 Å². The molecule has 0 aliphatic carbocycles. The van der Waals surface area contributed by atoms with E-state index in [2.05, 4.69) is 5.32 Å². The molecular weight excluding hydrogens is 382 g/mol. The number of hydrogen-bond acceptors (Lipinski definition) is 4. The number of rotatable bonds is 6. The van der Waals surface area contributed by atoms with Crippen molar-refractivity contribution in [1.82, 2.24) is 14.8 Å². The van der Waals surface area contributed by atoms with E-state index in [0.29, 0.717) is 44.6 Å². The van der Waals surface area contributed by atoms with Crippen LogP contribution in [0.3, 0.4) is 0 Å². The first-order valence-corrected chi connectivity index (χ1v) is 10.5. The van der Waals surface area contributed by atoms with Crippen LogP contribution in [0.25, 0.3) is 0 Å². The van der Waals surface area contributed by atoms with Gasteiger partial charge in [-0.3, -0.25) is 9.59 Å². The van der Waals surface area contributed by atoms with Crippen LogP contribution >= 0.6 is 0 Å². The molecule has 1 aromatic heterocycles. The van der Waals surface area contributed by atoms with E-state index in [9.17, 15) is 14.4 Å². The summed E-state index contributed by atoms with van der Waals surface area (Å²) in [6, 6.07) is 11.7. The Hall–Kier alpha value is -3.09. The molecule has 1 aliphatic heterocycles. The van der Waals surface area contributed by atoms with Gasteiger partial charge in [0.2, 0.25) is 0 Å². The van der Waals surface area contributed by atoms with Gasteiger partial charge < -0.3 is 19.5 Å². The van der Waals surface area contributed by atoms with E-state index in [4.69, 9.17) is 4.74 Å². The number of carbonyl (C=O) groups excluding carboxylic acids is 2. The summed E-state index contributed by atoms with van der Waals surface area (Å²) in [6.45, 7) is 5.47. The normalized spacial score (nSPS) is 14.4. The second-order valence-corrected chi connectivity index (χ2v) is 7.54. The van der Waals surface area contributed by atoms with Crippen molar-refractivity contribution in [2.45, 2.75) is 45.7 Å². The molecule has 2 aromatic rings. The minimum absolute atomic E-state index is 0.0695. The van der Waals surface area contributed by atoms with Gasteiger partial charge in [-0.25, -0.2) is 4.79 Å².